The largest absolute Gasteiger partial charge is 0.472 e. The number of hydrogen-bond donors (Lipinski definition) is 1. The molecule has 1 N–H and O–H groups in total. The van der Waals surface area contributed by atoms with Gasteiger partial charge in [0.2, 0.25) is 0 Å². The molecule has 0 aliphatic rings. The Morgan fingerprint density at radius 2 is 0.695 bits per heavy atom. The Morgan fingerprint density at radius 3 is 1.02 bits per heavy atom. The molecule has 0 spiro atoms. The lowest BCUT2D eigenvalue weighted by atomic mass is 10.0. The van der Waals surface area contributed by atoms with Crippen LogP contribution in [0.5, 0.6) is 0 Å². The van der Waals surface area contributed by atoms with Crippen molar-refractivity contribution < 1.29 is 42.1 Å². The zero-order valence-corrected chi connectivity index (χ0v) is 55.6. The van der Waals surface area contributed by atoms with Gasteiger partial charge in [-0.05, 0) is 51.4 Å². The van der Waals surface area contributed by atoms with E-state index in [1.807, 2.05) is 21.1 Å². The Hall–Kier alpha value is -2.29. The molecule has 0 aromatic rings. The van der Waals surface area contributed by atoms with Crippen LogP contribution in [-0.4, -0.2) is 74.9 Å². The van der Waals surface area contributed by atoms with Gasteiger partial charge in [-0.25, -0.2) is 4.57 Å². The van der Waals surface area contributed by atoms with Crippen LogP contribution >= 0.6 is 7.82 Å². The summed E-state index contributed by atoms with van der Waals surface area (Å²) in [6, 6.07) is 0. The van der Waals surface area contributed by atoms with Gasteiger partial charge < -0.3 is 18.9 Å². The maximum absolute atomic E-state index is 12.8. The minimum atomic E-state index is -4.40. The summed E-state index contributed by atoms with van der Waals surface area (Å²) >= 11 is 0. The molecule has 0 saturated heterocycles. The first kappa shape index (κ1) is 79.7. The molecule has 9 nitrogen and oxygen atoms in total. The maximum Gasteiger partial charge on any atom is 0.472 e. The predicted octanol–water partition coefficient (Wildman–Crippen LogP) is 22.6. The molecule has 2 unspecified atom stereocenters. The van der Waals surface area contributed by atoms with Gasteiger partial charge in [0.15, 0.2) is 6.10 Å². The van der Waals surface area contributed by atoms with E-state index in [4.69, 9.17) is 18.5 Å². The second kappa shape index (κ2) is 63.2. The average Bonchev–Trinajstić information content (AvgIpc) is 3.46. The monoisotopic (exact) mass is 1170 g/mol. The van der Waals surface area contributed by atoms with Gasteiger partial charge in [0, 0.05) is 12.8 Å². The van der Waals surface area contributed by atoms with Crippen LogP contribution in [0.15, 0.2) is 60.8 Å². The fourth-order valence-electron chi connectivity index (χ4n) is 10.2. The summed E-state index contributed by atoms with van der Waals surface area (Å²) in [7, 11) is 1.45. The smallest absolute Gasteiger partial charge is 0.462 e. The average molecular weight is 1170 g/mol. The van der Waals surface area contributed by atoms with E-state index in [0.29, 0.717) is 23.9 Å². The van der Waals surface area contributed by atoms with Crippen LogP contribution in [0.4, 0.5) is 0 Å². The van der Waals surface area contributed by atoms with Gasteiger partial charge in [-0.1, -0.05) is 331 Å². The minimum Gasteiger partial charge on any atom is -0.462 e. The first-order chi connectivity index (χ1) is 40.0. The first-order valence-electron chi connectivity index (χ1n) is 35.0. The molecular formula is C72H135NO8P+. The molecule has 10 heteroatoms. The number of phosphoric ester groups is 1. The molecule has 0 aliphatic heterocycles. The lowest BCUT2D eigenvalue weighted by Gasteiger charge is -2.24. The van der Waals surface area contributed by atoms with Crippen LogP contribution in [0.2, 0.25) is 0 Å². The standard InChI is InChI=1S/C72H134NO8P/c1-6-8-10-12-14-16-18-20-22-24-25-26-27-28-29-30-31-32-33-34-35-36-37-38-39-40-41-42-43-44-45-46-47-49-50-52-54-56-58-60-62-64-71(74)78-68-70(69-80-82(76,77)79-67-66-73(3,4)5)81-72(75)65-63-61-59-57-55-53-51-48-23-21-19-17-15-13-11-9-7-2/h9,11,15,17,21,23,51,53,57,59,70H,6-8,10,12-14,16,18-20,22,24-50,52,54-56,58,60-69H2,1-5H3/p+1/b11-9-,17-15-,23-21-,53-51-,59-57-. The first-order valence-corrected chi connectivity index (χ1v) is 36.5. The van der Waals surface area contributed by atoms with Crippen molar-refractivity contribution in [3.05, 3.63) is 60.8 Å². The zero-order chi connectivity index (χ0) is 59.8. The summed E-state index contributed by atoms with van der Waals surface area (Å²) in [6.07, 6.45) is 83.9. The predicted molar refractivity (Wildman–Crippen MR) is 353 cm³/mol. The number of likely N-dealkylation sites (N-methyl/N-ethyl adjacent to an activating group) is 1. The highest BCUT2D eigenvalue weighted by Gasteiger charge is 2.27. The van der Waals surface area contributed by atoms with Crippen molar-refractivity contribution in [2.45, 2.75) is 341 Å². The summed E-state index contributed by atoms with van der Waals surface area (Å²) in [6.45, 7) is 4.29. The van der Waals surface area contributed by atoms with Gasteiger partial charge in [0.25, 0.3) is 0 Å². The van der Waals surface area contributed by atoms with E-state index >= 15 is 0 Å². The highest BCUT2D eigenvalue weighted by atomic mass is 31.2. The van der Waals surface area contributed by atoms with Gasteiger partial charge in [0.05, 0.1) is 27.7 Å². The lowest BCUT2D eigenvalue weighted by molar-refractivity contribution is -0.870. The molecule has 0 heterocycles. The van der Waals surface area contributed by atoms with Crippen molar-refractivity contribution in [3.8, 4) is 0 Å². The van der Waals surface area contributed by atoms with Crippen molar-refractivity contribution in [1.82, 2.24) is 0 Å². The van der Waals surface area contributed by atoms with Crippen molar-refractivity contribution in [2.24, 2.45) is 0 Å². The molecule has 0 amide bonds. The summed E-state index contributed by atoms with van der Waals surface area (Å²) in [5.74, 6) is -0.856. The maximum atomic E-state index is 12.8. The summed E-state index contributed by atoms with van der Waals surface area (Å²) < 4.78 is 34.5. The second-order valence-electron chi connectivity index (χ2n) is 24.9. The van der Waals surface area contributed by atoms with Crippen molar-refractivity contribution in [1.29, 1.82) is 0 Å². The number of nitrogens with zero attached hydrogens (tertiary/aromatic N) is 1. The molecular weight excluding hydrogens is 1040 g/mol. The van der Waals surface area contributed by atoms with Crippen molar-refractivity contribution >= 4 is 19.8 Å². The fraction of sp³-hybridized carbons (Fsp3) is 0.833. The number of carbonyl (C=O) groups excluding carboxylic acids is 2. The van der Waals surface area contributed by atoms with Gasteiger partial charge in [-0.3, -0.25) is 18.6 Å². The third-order valence-corrected chi connectivity index (χ3v) is 16.5. The molecule has 480 valence electrons. The molecule has 0 aromatic carbocycles. The second-order valence-corrected chi connectivity index (χ2v) is 26.4. The normalized spacial score (nSPS) is 13.5. The van der Waals surface area contributed by atoms with Crippen molar-refractivity contribution in [2.75, 3.05) is 47.5 Å². The molecule has 0 radical (unpaired) electrons. The Morgan fingerprint density at radius 1 is 0.390 bits per heavy atom. The number of hydrogen-bond acceptors (Lipinski definition) is 7. The summed E-state index contributed by atoms with van der Waals surface area (Å²) in [5, 5.41) is 0. The van der Waals surface area contributed by atoms with Crippen LogP contribution in [0.1, 0.15) is 335 Å². The van der Waals surface area contributed by atoms with E-state index in [1.54, 1.807) is 0 Å². The van der Waals surface area contributed by atoms with Gasteiger partial charge in [0.1, 0.15) is 19.8 Å². The van der Waals surface area contributed by atoms with E-state index in [0.717, 1.165) is 51.4 Å². The number of phosphoric acid groups is 1. The Balaban J connectivity index is 3.87. The third-order valence-electron chi connectivity index (χ3n) is 15.6. The number of unbranched alkanes of at least 4 members (excludes halogenated alkanes) is 41. The van der Waals surface area contributed by atoms with Crippen LogP contribution in [0, 0.1) is 0 Å². The molecule has 0 bridgehead atoms. The highest BCUT2D eigenvalue weighted by Crippen LogP contribution is 2.43. The van der Waals surface area contributed by atoms with E-state index in [-0.39, 0.29) is 32.0 Å². The molecule has 0 fully saturated rings. The molecule has 2 atom stereocenters. The van der Waals surface area contributed by atoms with E-state index in [2.05, 4.69) is 74.6 Å². The Bertz CT molecular complexity index is 1570. The Kier molecular flexibility index (Phi) is 61.5. The van der Waals surface area contributed by atoms with Crippen LogP contribution in [0.25, 0.3) is 0 Å². The molecule has 0 aliphatic carbocycles. The molecule has 82 heavy (non-hydrogen) atoms. The molecule has 0 rings (SSSR count). The Labute approximate surface area is 508 Å². The van der Waals surface area contributed by atoms with Crippen molar-refractivity contribution in [3.63, 3.8) is 0 Å². The van der Waals surface area contributed by atoms with Gasteiger partial charge in [-0.2, -0.15) is 0 Å². The number of carbonyl (C=O) groups is 2. The third kappa shape index (κ3) is 66.8. The topological polar surface area (TPSA) is 108 Å². The van der Waals surface area contributed by atoms with Gasteiger partial charge >= 0.3 is 19.8 Å². The number of rotatable bonds is 65. The lowest BCUT2D eigenvalue weighted by Crippen LogP contribution is -2.37. The summed E-state index contributed by atoms with van der Waals surface area (Å²) in [4.78, 5) is 35.7. The highest BCUT2D eigenvalue weighted by molar-refractivity contribution is 7.47. The van der Waals surface area contributed by atoms with E-state index in [9.17, 15) is 19.0 Å². The summed E-state index contributed by atoms with van der Waals surface area (Å²) in [5.41, 5.74) is 0. The number of allylic oxidation sites excluding steroid dienone is 10. The fourth-order valence-corrected chi connectivity index (χ4v) is 11.0. The van der Waals surface area contributed by atoms with E-state index in [1.165, 1.54) is 244 Å². The van der Waals surface area contributed by atoms with Gasteiger partial charge in [-0.15, -0.1) is 0 Å². The minimum absolute atomic E-state index is 0.0202. The molecule has 0 saturated carbocycles. The van der Waals surface area contributed by atoms with E-state index < -0.39 is 26.5 Å². The zero-order valence-electron chi connectivity index (χ0n) is 54.7. The SMILES string of the molecule is CC/C=C\C/C=C\C/C=C\C/C=C\C/C=C\CCCC(=O)OC(COC(=O)CCCCCCCCCCCCCCCCCCCCCCCCCCCCCCCCCCCCCCCCCCC)COP(=O)(O)OCC[N+](C)(C)C. The number of quaternary nitrogens is 1. The number of ether oxygens (including phenoxy) is 2. The number of esters is 2. The van der Waals surface area contributed by atoms with Crippen LogP contribution in [-0.2, 0) is 32.7 Å². The van der Waals surface area contributed by atoms with Crippen LogP contribution in [0.3, 0.4) is 0 Å². The quantitative estimate of drug-likeness (QED) is 0.0211. The molecule has 0 aromatic heterocycles. The van der Waals surface area contributed by atoms with Crippen LogP contribution < -0.4 is 0 Å².